The maximum absolute atomic E-state index is 11.5. The average molecular weight is 419 g/mol. The first-order chi connectivity index (χ1) is 13.5. The molecule has 1 aromatic heterocycles. The Bertz CT molecular complexity index is 961. The number of anilines is 3. The third-order valence-corrected chi connectivity index (χ3v) is 4.31. The molecule has 8 heteroatoms. The predicted octanol–water partition coefficient (Wildman–Crippen LogP) is 5.44. The van der Waals surface area contributed by atoms with Gasteiger partial charge in [0, 0.05) is 34.1 Å². The molecule has 2 N–H and O–H groups in total. The Kier molecular flexibility index (Phi) is 6.90. The van der Waals surface area contributed by atoms with Crippen molar-refractivity contribution in [2.45, 2.75) is 19.8 Å². The molecule has 0 fully saturated rings. The highest BCUT2D eigenvalue weighted by molar-refractivity contribution is 6.35. The van der Waals surface area contributed by atoms with Crippen molar-refractivity contribution in [1.29, 1.82) is 0 Å². The molecule has 0 unspecified atom stereocenters. The number of hydrogen-bond acceptors (Lipinski definition) is 6. The van der Waals surface area contributed by atoms with E-state index in [1.807, 2.05) is 24.3 Å². The van der Waals surface area contributed by atoms with Gasteiger partial charge in [-0.2, -0.15) is 4.98 Å². The molecule has 3 aromatic rings. The number of halogens is 2. The van der Waals surface area contributed by atoms with Gasteiger partial charge in [-0.1, -0.05) is 35.3 Å². The second kappa shape index (κ2) is 9.57. The van der Waals surface area contributed by atoms with Gasteiger partial charge in [-0.15, -0.1) is 0 Å². The lowest BCUT2D eigenvalue weighted by molar-refractivity contribution is -0.143. The standard InChI is InChI=1S/C20H20Cl2N4O2/c1-2-28-18(27)8-5-9-23-19-16-6-3-4-7-17(16)25-20(26-19)24-15-11-13(21)10-14(22)12-15/h3-4,6-7,10-12H,2,5,8-9H2,1H3,(H2,23,24,25,26). The van der Waals surface area contributed by atoms with Crippen molar-refractivity contribution < 1.29 is 9.53 Å². The van der Waals surface area contributed by atoms with Gasteiger partial charge < -0.3 is 15.4 Å². The quantitative estimate of drug-likeness (QED) is 0.374. The first-order valence-corrected chi connectivity index (χ1v) is 9.70. The van der Waals surface area contributed by atoms with Gasteiger partial charge in [-0.25, -0.2) is 4.98 Å². The van der Waals surface area contributed by atoms with Gasteiger partial charge in [0.2, 0.25) is 5.95 Å². The second-order valence-corrected chi connectivity index (χ2v) is 6.90. The Morgan fingerprint density at radius 3 is 2.61 bits per heavy atom. The van der Waals surface area contributed by atoms with Crippen LogP contribution in [0.5, 0.6) is 0 Å². The smallest absolute Gasteiger partial charge is 0.305 e. The number of carbonyl (C=O) groups excluding carboxylic acids is 1. The minimum atomic E-state index is -0.197. The van der Waals surface area contributed by atoms with Gasteiger partial charge in [0.1, 0.15) is 5.82 Å². The van der Waals surface area contributed by atoms with Crippen LogP contribution in [0.4, 0.5) is 17.5 Å². The summed E-state index contributed by atoms with van der Waals surface area (Å²) in [6.07, 6.45) is 1.000. The van der Waals surface area contributed by atoms with Crippen molar-refractivity contribution >= 4 is 57.5 Å². The van der Waals surface area contributed by atoms with Crippen LogP contribution in [-0.2, 0) is 9.53 Å². The van der Waals surface area contributed by atoms with Crippen molar-refractivity contribution in [2.75, 3.05) is 23.8 Å². The number of fused-ring (bicyclic) bond motifs is 1. The molecule has 0 aliphatic rings. The molecule has 0 atom stereocenters. The lowest BCUT2D eigenvalue weighted by atomic mass is 10.2. The molecule has 146 valence electrons. The molecule has 0 radical (unpaired) electrons. The van der Waals surface area contributed by atoms with Crippen LogP contribution in [0, 0.1) is 0 Å². The van der Waals surface area contributed by atoms with E-state index in [1.54, 1.807) is 25.1 Å². The molecule has 3 rings (SSSR count). The third-order valence-electron chi connectivity index (χ3n) is 3.88. The van der Waals surface area contributed by atoms with E-state index in [0.717, 1.165) is 10.9 Å². The highest BCUT2D eigenvalue weighted by Crippen LogP contribution is 2.27. The average Bonchev–Trinajstić information content (AvgIpc) is 2.64. The van der Waals surface area contributed by atoms with E-state index >= 15 is 0 Å². The number of para-hydroxylation sites is 1. The minimum absolute atomic E-state index is 0.197. The number of rotatable bonds is 8. The SMILES string of the molecule is CCOC(=O)CCCNc1nc(Nc2cc(Cl)cc(Cl)c2)nc2ccccc12. The Hall–Kier alpha value is -2.57. The number of hydrogen-bond donors (Lipinski definition) is 2. The molecular formula is C20H20Cl2N4O2. The van der Waals surface area contributed by atoms with Crippen LogP contribution in [0.2, 0.25) is 10.0 Å². The molecule has 0 saturated carbocycles. The van der Waals surface area contributed by atoms with Gasteiger partial charge in [0.05, 0.1) is 12.1 Å². The highest BCUT2D eigenvalue weighted by Gasteiger charge is 2.09. The molecule has 0 spiro atoms. The Balaban J connectivity index is 1.78. The van der Waals surface area contributed by atoms with E-state index in [1.165, 1.54) is 0 Å². The minimum Gasteiger partial charge on any atom is -0.466 e. The molecule has 0 aliphatic heterocycles. The van der Waals surface area contributed by atoms with E-state index in [0.29, 0.717) is 53.5 Å². The van der Waals surface area contributed by atoms with E-state index in [9.17, 15) is 4.79 Å². The fourth-order valence-corrected chi connectivity index (χ4v) is 3.22. The number of aromatic nitrogens is 2. The maximum Gasteiger partial charge on any atom is 0.305 e. The van der Waals surface area contributed by atoms with Crippen molar-refractivity contribution in [3.05, 3.63) is 52.5 Å². The molecule has 6 nitrogen and oxygen atoms in total. The summed E-state index contributed by atoms with van der Waals surface area (Å²) in [7, 11) is 0. The summed E-state index contributed by atoms with van der Waals surface area (Å²) in [6.45, 7) is 2.78. The van der Waals surface area contributed by atoms with E-state index in [-0.39, 0.29) is 5.97 Å². The molecule has 2 aromatic carbocycles. The van der Waals surface area contributed by atoms with Crippen LogP contribution < -0.4 is 10.6 Å². The highest BCUT2D eigenvalue weighted by atomic mass is 35.5. The lowest BCUT2D eigenvalue weighted by Gasteiger charge is -2.12. The summed E-state index contributed by atoms with van der Waals surface area (Å²) < 4.78 is 4.95. The second-order valence-electron chi connectivity index (χ2n) is 6.03. The number of nitrogens with one attached hydrogen (secondary N) is 2. The largest absolute Gasteiger partial charge is 0.466 e. The third kappa shape index (κ3) is 5.47. The normalized spacial score (nSPS) is 10.7. The zero-order valence-electron chi connectivity index (χ0n) is 15.3. The maximum atomic E-state index is 11.5. The topological polar surface area (TPSA) is 76.1 Å². The van der Waals surface area contributed by atoms with Gasteiger partial charge >= 0.3 is 5.97 Å². The van der Waals surface area contributed by atoms with Crippen molar-refractivity contribution in [1.82, 2.24) is 9.97 Å². The van der Waals surface area contributed by atoms with Gasteiger partial charge in [0.15, 0.2) is 0 Å². The zero-order valence-corrected chi connectivity index (χ0v) is 16.8. The molecule has 1 heterocycles. The predicted molar refractivity (Wildman–Crippen MR) is 114 cm³/mol. The first kappa shape index (κ1) is 20.2. The fraction of sp³-hybridized carbons (Fsp3) is 0.250. The summed E-state index contributed by atoms with van der Waals surface area (Å²) in [5.74, 6) is 0.909. The monoisotopic (exact) mass is 418 g/mol. The van der Waals surface area contributed by atoms with Crippen molar-refractivity contribution in [3.8, 4) is 0 Å². The van der Waals surface area contributed by atoms with Crippen molar-refractivity contribution in [3.63, 3.8) is 0 Å². The Morgan fingerprint density at radius 1 is 1.11 bits per heavy atom. The van der Waals surface area contributed by atoms with Crippen LogP contribution in [0.3, 0.4) is 0 Å². The molecular weight excluding hydrogens is 399 g/mol. The summed E-state index contributed by atoms with van der Waals surface area (Å²) in [5.41, 5.74) is 1.49. The van der Waals surface area contributed by atoms with Crippen LogP contribution in [-0.4, -0.2) is 29.1 Å². The molecule has 0 amide bonds. The zero-order chi connectivity index (χ0) is 19.9. The summed E-state index contributed by atoms with van der Waals surface area (Å²) in [6, 6.07) is 12.9. The molecule has 0 aliphatic carbocycles. The Morgan fingerprint density at radius 2 is 1.86 bits per heavy atom. The molecule has 28 heavy (non-hydrogen) atoms. The number of benzene rings is 2. The molecule has 0 saturated heterocycles. The van der Waals surface area contributed by atoms with Crippen LogP contribution in [0.1, 0.15) is 19.8 Å². The summed E-state index contributed by atoms with van der Waals surface area (Å²) in [5, 5.41) is 8.36. The summed E-state index contributed by atoms with van der Waals surface area (Å²) >= 11 is 12.1. The van der Waals surface area contributed by atoms with E-state index < -0.39 is 0 Å². The number of esters is 1. The van der Waals surface area contributed by atoms with Crippen LogP contribution in [0.15, 0.2) is 42.5 Å². The van der Waals surface area contributed by atoms with Gasteiger partial charge in [-0.3, -0.25) is 4.79 Å². The van der Waals surface area contributed by atoms with Crippen molar-refractivity contribution in [2.24, 2.45) is 0 Å². The van der Waals surface area contributed by atoms with E-state index in [2.05, 4.69) is 20.6 Å². The number of carbonyl (C=O) groups is 1. The number of ether oxygens (including phenoxy) is 1. The van der Waals surface area contributed by atoms with Gasteiger partial charge in [-0.05, 0) is 43.7 Å². The Labute approximate surface area is 173 Å². The molecule has 0 bridgehead atoms. The first-order valence-electron chi connectivity index (χ1n) is 8.94. The van der Waals surface area contributed by atoms with E-state index in [4.69, 9.17) is 27.9 Å². The van der Waals surface area contributed by atoms with Gasteiger partial charge in [0.25, 0.3) is 0 Å². The summed E-state index contributed by atoms with van der Waals surface area (Å²) in [4.78, 5) is 20.6. The van der Waals surface area contributed by atoms with Crippen LogP contribution in [0.25, 0.3) is 10.9 Å². The van der Waals surface area contributed by atoms with Crippen LogP contribution >= 0.6 is 23.2 Å². The number of nitrogens with zero attached hydrogens (tertiary/aromatic N) is 2. The lowest BCUT2D eigenvalue weighted by Crippen LogP contribution is -2.10. The fourth-order valence-electron chi connectivity index (χ4n) is 2.70.